The summed E-state index contributed by atoms with van der Waals surface area (Å²) in [5, 5.41) is 3.57. The van der Waals surface area contributed by atoms with Gasteiger partial charge < -0.3 is 0 Å². The van der Waals surface area contributed by atoms with E-state index in [1.165, 1.54) is 4.57 Å². The SMILES string of the molecule is C=Cc1ncn2oncc12. The number of nitrogens with zero attached hydrogens (tertiary/aromatic N) is 3. The van der Waals surface area contributed by atoms with Gasteiger partial charge in [-0.2, -0.15) is 0 Å². The van der Waals surface area contributed by atoms with Gasteiger partial charge in [-0.15, -0.1) is 4.57 Å². The van der Waals surface area contributed by atoms with E-state index in [1.54, 1.807) is 18.6 Å². The zero-order valence-corrected chi connectivity index (χ0v) is 5.19. The van der Waals surface area contributed by atoms with E-state index in [9.17, 15) is 0 Å². The van der Waals surface area contributed by atoms with Crippen LogP contribution in [-0.4, -0.2) is 14.7 Å². The molecule has 4 heteroatoms. The molecule has 50 valence electrons. The molecule has 0 aromatic carbocycles. The number of hydrogen-bond acceptors (Lipinski definition) is 3. The molecule has 2 aromatic heterocycles. The first kappa shape index (κ1) is 5.22. The van der Waals surface area contributed by atoms with E-state index in [2.05, 4.69) is 16.7 Å². The van der Waals surface area contributed by atoms with Crippen molar-refractivity contribution in [1.29, 1.82) is 0 Å². The highest BCUT2D eigenvalue weighted by Gasteiger charge is 2.01. The third kappa shape index (κ3) is 0.500. The molecule has 0 saturated carbocycles. The molecular weight excluding hydrogens is 130 g/mol. The molecule has 0 radical (unpaired) electrons. The summed E-state index contributed by atoms with van der Waals surface area (Å²) >= 11 is 0. The average molecular weight is 135 g/mol. The Labute approximate surface area is 56.7 Å². The predicted octanol–water partition coefficient (Wildman–Crippen LogP) is 0.965. The maximum absolute atomic E-state index is 4.76. The molecule has 0 aliphatic rings. The Morgan fingerprint density at radius 1 is 1.70 bits per heavy atom. The summed E-state index contributed by atoms with van der Waals surface area (Å²) in [7, 11) is 0. The first-order valence-electron chi connectivity index (χ1n) is 2.82. The fraction of sp³-hybridized carbons (Fsp3) is 0. The van der Waals surface area contributed by atoms with Crippen LogP contribution in [0.5, 0.6) is 0 Å². The summed E-state index contributed by atoms with van der Waals surface area (Å²) in [6.07, 6.45) is 4.82. The Morgan fingerprint density at radius 2 is 2.60 bits per heavy atom. The van der Waals surface area contributed by atoms with Crippen LogP contribution in [0.2, 0.25) is 0 Å². The van der Waals surface area contributed by atoms with Crippen molar-refractivity contribution in [2.75, 3.05) is 0 Å². The molecule has 0 N–H and O–H groups in total. The van der Waals surface area contributed by atoms with Crippen molar-refractivity contribution in [1.82, 2.24) is 14.7 Å². The standard InChI is InChI=1S/C6H5N3O/c1-2-5-6-3-8-10-9(6)4-7-5/h2-4H,1H2. The van der Waals surface area contributed by atoms with Crippen LogP contribution in [0.3, 0.4) is 0 Å². The van der Waals surface area contributed by atoms with Crippen molar-refractivity contribution in [3.8, 4) is 0 Å². The van der Waals surface area contributed by atoms with Crippen LogP contribution in [-0.2, 0) is 0 Å². The number of hydrogen-bond donors (Lipinski definition) is 0. The molecule has 2 heterocycles. The topological polar surface area (TPSA) is 43.3 Å². The second-order valence-electron chi connectivity index (χ2n) is 1.86. The summed E-state index contributed by atoms with van der Waals surface area (Å²) in [6, 6.07) is 0. The lowest BCUT2D eigenvalue weighted by Gasteiger charge is -1.75. The quantitative estimate of drug-likeness (QED) is 0.585. The van der Waals surface area contributed by atoms with Gasteiger partial charge in [-0.1, -0.05) is 11.7 Å². The van der Waals surface area contributed by atoms with Crippen molar-refractivity contribution in [2.45, 2.75) is 0 Å². The molecule has 0 saturated heterocycles. The molecule has 10 heavy (non-hydrogen) atoms. The zero-order chi connectivity index (χ0) is 6.97. The van der Waals surface area contributed by atoms with E-state index in [0.717, 1.165) is 11.2 Å². The van der Waals surface area contributed by atoms with Crippen LogP contribution in [0.4, 0.5) is 0 Å². The summed E-state index contributed by atoms with van der Waals surface area (Å²) in [4.78, 5) is 3.98. The summed E-state index contributed by atoms with van der Waals surface area (Å²) < 4.78 is 6.24. The third-order valence-electron chi connectivity index (χ3n) is 1.31. The zero-order valence-electron chi connectivity index (χ0n) is 5.19. The molecule has 2 rings (SSSR count). The Hall–Kier alpha value is -1.58. The molecule has 0 fully saturated rings. The van der Waals surface area contributed by atoms with Crippen molar-refractivity contribution in [2.24, 2.45) is 0 Å². The van der Waals surface area contributed by atoms with Crippen molar-refractivity contribution < 1.29 is 4.63 Å². The van der Waals surface area contributed by atoms with Crippen LogP contribution < -0.4 is 0 Å². The van der Waals surface area contributed by atoms with E-state index in [-0.39, 0.29) is 0 Å². The molecule has 0 atom stereocenters. The molecule has 0 bridgehead atoms. The van der Waals surface area contributed by atoms with Crippen molar-refractivity contribution in [3.05, 3.63) is 24.8 Å². The smallest absolute Gasteiger partial charge is 0.136 e. The lowest BCUT2D eigenvalue weighted by Crippen LogP contribution is -1.68. The molecule has 0 unspecified atom stereocenters. The summed E-state index contributed by atoms with van der Waals surface area (Å²) in [5.74, 6) is 0. The lowest BCUT2D eigenvalue weighted by atomic mass is 10.4. The van der Waals surface area contributed by atoms with Gasteiger partial charge in [0.05, 0.1) is 11.9 Å². The minimum absolute atomic E-state index is 0.793. The number of imidazole rings is 1. The van der Waals surface area contributed by atoms with Gasteiger partial charge in [-0.05, 0) is 6.08 Å². The highest BCUT2D eigenvalue weighted by atomic mass is 16.6. The van der Waals surface area contributed by atoms with Gasteiger partial charge in [-0.25, -0.2) is 4.98 Å². The van der Waals surface area contributed by atoms with Crippen molar-refractivity contribution in [3.63, 3.8) is 0 Å². The fourth-order valence-electron chi connectivity index (χ4n) is 0.826. The highest BCUT2D eigenvalue weighted by molar-refractivity contribution is 5.63. The molecule has 0 spiro atoms. The minimum atomic E-state index is 0.793. The lowest BCUT2D eigenvalue weighted by molar-refractivity contribution is 0.272. The Kier molecular flexibility index (Phi) is 0.887. The second kappa shape index (κ2) is 1.70. The van der Waals surface area contributed by atoms with Crippen LogP contribution >= 0.6 is 0 Å². The van der Waals surface area contributed by atoms with Gasteiger partial charge in [0, 0.05) is 0 Å². The normalized spacial score (nSPS) is 10.4. The molecule has 0 amide bonds. The van der Waals surface area contributed by atoms with E-state index in [1.807, 2.05) is 0 Å². The predicted molar refractivity (Wildman–Crippen MR) is 35.3 cm³/mol. The molecule has 2 aromatic rings. The van der Waals surface area contributed by atoms with Gasteiger partial charge in [0.25, 0.3) is 0 Å². The number of fused-ring (bicyclic) bond motifs is 1. The van der Waals surface area contributed by atoms with Gasteiger partial charge >= 0.3 is 0 Å². The van der Waals surface area contributed by atoms with E-state index < -0.39 is 0 Å². The third-order valence-corrected chi connectivity index (χ3v) is 1.31. The van der Waals surface area contributed by atoms with Gasteiger partial charge in [0.1, 0.15) is 11.8 Å². The van der Waals surface area contributed by atoms with Gasteiger partial charge in [0.15, 0.2) is 0 Å². The second-order valence-corrected chi connectivity index (χ2v) is 1.86. The maximum atomic E-state index is 4.76. The van der Waals surface area contributed by atoms with Crippen LogP contribution in [0.15, 0.2) is 23.7 Å². The summed E-state index contributed by atoms with van der Waals surface area (Å²) in [6.45, 7) is 3.59. The molecule has 0 aliphatic heterocycles. The summed E-state index contributed by atoms with van der Waals surface area (Å²) in [5.41, 5.74) is 1.64. The largest absolute Gasteiger partial charge is 0.262 e. The first-order chi connectivity index (χ1) is 4.92. The molecular formula is C6H5N3O. The molecule has 0 aliphatic carbocycles. The first-order valence-corrected chi connectivity index (χ1v) is 2.82. The van der Waals surface area contributed by atoms with E-state index in [4.69, 9.17) is 4.63 Å². The van der Waals surface area contributed by atoms with Gasteiger partial charge in [0.2, 0.25) is 0 Å². The van der Waals surface area contributed by atoms with Gasteiger partial charge in [-0.3, -0.25) is 4.63 Å². The number of aromatic nitrogens is 3. The Morgan fingerprint density at radius 3 is 3.40 bits per heavy atom. The van der Waals surface area contributed by atoms with Crippen LogP contribution in [0, 0.1) is 0 Å². The van der Waals surface area contributed by atoms with Crippen LogP contribution in [0.25, 0.3) is 11.6 Å². The fourth-order valence-corrected chi connectivity index (χ4v) is 0.826. The van der Waals surface area contributed by atoms with Crippen LogP contribution in [0.1, 0.15) is 5.69 Å². The maximum Gasteiger partial charge on any atom is 0.136 e. The molecule has 4 nitrogen and oxygen atoms in total. The average Bonchev–Trinajstić information content (AvgIpc) is 2.44. The van der Waals surface area contributed by atoms with E-state index in [0.29, 0.717) is 0 Å². The number of rotatable bonds is 1. The monoisotopic (exact) mass is 135 g/mol. The Bertz CT molecular complexity index is 360. The van der Waals surface area contributed by atoms with E-state index >= 15 is 0 Å². The van der Waals surface area contributed by atoms with Crippen molar-refractivity contribution >= 4 is 11.6 Å². The Balaban J connectivity index is 2.88. The highest BCUT2D eigenvalue weighted by Crippen LogP contribution is 2.07. The minimum Gasteiger partial charge on any atom is -0.262 e.